The van der Waals surface area contributed by atoms with E-state index in [2.05, 4.69) is 0 Å². The molecule has 4 rings (SSSR count). The minimum absolute atomic E-state index is 0.0476. The summed E-state index contributed by atoms with van der Waals surface area (Å²) in [6.45, 7) is 2.68. The van der Waals surface area contributed by atoms with Gasteiger partial charge in [0.25, 0.3) is 5.56 Å². The number of carboxylic acid groups (broad SMARTS) is 1. The number of carboxylic acids is 1. The quantitative estimate of drug-likeness (QED) is 0.846. The summed E-state index contributed by atoms with van der Waals surface area (Å²) in [5.41, 5.74) is 1.88. The molecule has 1 aliphatic heterocycles. The van der Waals surface area contributed by atoms with Gasteiger partial charge in [0.2, 0.25) is 5.91 Å². The molecule has 2 aromatic heterocycles. The zero-order chi connectivity index (χ0) is 19.8. The maximum Gasteiger partial charge on any atom is 0.341 e. The minimum Gasteiger partial charge on any atom is -0.477 e. The molecule has 0 aromatic carbocycles. The Hall–Kier alpha value is -2.48. The number of nitrogens with zero attached hydrogens (tertiary/aromatic N) is 3. The van der Waals surface area contributed by atoms with Crippen molar-refractivity contribution in [2.45, 2.75) is 58.5 Å². The van der Waals surface area contributed by atoms with Crippen LogP contribution in [-0.4, -0.2) is 38.0 Å². The van der Waals surface area contributed by atoms with Crippen molar-refractivity contribution in [3.63, 3.8) is 0 Å². The molecule has 1 amide bonds. The summed E-state index contributed by atoms with van der Waals surface area (Å²) in [4.78, 5) is 44.0. The van der Waals surface area contributed by atoms with E-state index in [0.29, 0.717) is 38.0 Å². The number of aryl methyl sites for hydroxylation is 4. The summed E-state index contributed by atoms with van der Waals surface area (Å²) >= 11 is 1.71. The number of hydrogen-bond acceptors (Lipinski definition) is 5. The lowest BCUT2D eigenvalue weighted by Crippen LogP contribution is -2.38. The van der Waals surface area contributed by atoms with Crippen molar-refractivity contribution in [2.24, 2.45) is 0 Å². The molecule has 28 heavy (non-hydrogen) atoms. The van der Waals surface area contributed by atoms with Gasteiger partial charge in [0.15, 0.2) is 0 Å². The largest absolute Gasteiger partial charge is 0.477 e. The minimum atomic E-state index is -1.20. The number of rotatable bonds is 4. The molecule has 3 heterocycles. The van der Waals surface area contributed by atoms with Crippen LogP contribution < -0.4 is 5.56 Å². The Labute approximate surface area is 166 Å². The van der Waals surface area contributed by atoms with Gasteiger partial charge in [-0.25, -0.2) is 9.78 Å². The van der Waals surface area contributed by atoms with Gasteiger partial charge in [-0.1, -0.05) is 0 Å². The summed E-state index contributed by atoms with van der Waals surface area (Å²) in [6, 6.07) is 0. The van der Waals surface area contributed by atoms with Gasteiger partial charge >= 0.3 is 5.97 Å². The predicted molar refractivity (Wildman–Crippen MR) is 105 cm³/mol. The van der Waals surface area contributed by atoms with Crippen LogP contribution in [0.3, 0.4) is 0 Å². The molecule has 0 unspecified atom stereocenters. The number of fused-ring (bicyclic) bond motifs is 2. The van der Waals surface area contributed by atoms with Gasteiger partial charge in [-0.2, -0.15) is 0 Å². The SMILES string of the molecule is CC(=O)N1CCc2c(cn(CCc3nc4c(s3)CCCC4)c(=O)c2C(=O)O)C1. The van der Waals surface area contributed by atoms with E-state index >= 15 is 0 Å². The standard InChI is InChI=1S/C20H23N3O4S/c1-12(24)22-8-6-14-13(10-22)11-23(19(25)18(14)20(26)27)9-7-17-21-15-4-2-3-5-16(15)28-17/h11H,2-10H2,1H3,(H,26,27). The Balaban J connectivity index is 1.63. The van der Waals surface area contributed by atoms with Gasteiger partial charge in [0.05, 0.1) is 10.7 Å². The molecule has 0 radical (unpaired) electrons. The van der Waals surface area contributed by atoms with E-state index in [1.165, 1.54) is 34.9 Å². The second kappa shape index (κ2) is 7.50. The first-order valence-electron chi connectivity index (χ1n) is 9.65. The molecule has 7 nitrogen and oxygen atoms in total. The van der Waals surface area contributed by atoms with Gasteiger partial charge in [-0.3, -0.25) is 9.59 Å². The molecule has 148 valence electrons. The average Bonchev–Trinajstić information content (AvgIpc) is 3.08. The lowest BCUT2D eigenvalue weighted by Gasteiger charge is -2.29. The number of thiazole rings is 1. The van der Waals surface area contributed by atoms with E-state index in [-0.39, 0.29) is 11.5 Å². The number of amides is 1. The highest BCUT2D eigenvalue weighted by atomic mass is 32.1. The third-order valence-electron chi connectivity index (χ3n) is 5.58. The van der Waals surface area contributed by atoms with Crippen LogP contribution in [0.1, 0.15) is 56.8 Å². The first-order chi connectivity index (χ1) is 13.4. The average molecular weight is 401 g/mol. The third-order valence-corrected chi connectivity index (χ3v) is 6.80. The van der Waals surface area contributed by atoms with E-state index in [0.717, 1.165) is 23.4 Å². The van der Waals surface area contributed by atoms with Crippen molar-refractivity contribution in [2.75, 3.05) is 6.54 Å². The lowest BCUT2D eigenvalue weighted by atomic mass is 9.96. The van der Waals surface area contributed by atoms with Gasteiger partial charge < -0.3 is 14.6 Å². The number of carbonyl (C=O) groups is 2. The summed E-state index contributed by atoms with van der Waals surface area (Å²) < 4.78 is 1.48. The summed E-state index contributed by atoms with van der Waals surface area (Å²) in [7, 11) is 0. The highest BCUT2D eigenvalue weighted by Crippen LogP contribution is 2.27. The number of pyridine rings is 1. The van der Waals surface area contributed by atoms with Gasteiger partial charge in [0.1, 0.15) is 5.56 Å². The molecule has 2 aromatic rings. The first kappa shape index (κ1) is 18.9. The van der Waals surface area contributed by atoms with Crippen LogP contribution in [0.5, 0.6) is 0 Å². The Morgan fingerprint density at radius 3 is 2.75 bits per heavy atom. The van der Waals surface area contributed by atoms with E-state index in [9.17, 15) is 19.5 Å². The highest BCUT2D eigenvalue weighted by Gasteiger charge is 2.27. The first-order valence-corrected chi connectivity index (χ1v) is 10.5. The maximum absolute atomic E-state index is 12.8. The van der Waals surface area contributed by atoms with Gasteiger partial charge in [-0.05, 0) is 43.2 Å². The van der Waals surface area contributed by atoms with Crippen molar-refractivity contribution in [1.82, 2.24) is 14.5 Å². The molecule has 0 spiro atoms. The molecule has 2 aliphatic rings. The number of carbonyl (C=O) groups excluding carboxylic acids is 1. The third kappa shape index (κ3) is 3.48. The van der Waals surface area contributed by atoms with Crippen LogP contribution in [0.15, 0.2) is 11.0 Å². The van der Waals surface area contributed by atoms with Crippen LogP contribution >= 0.6 is 11.3 Å². The van der Waals surface area contributed by atoms with Crippen molar-refractivity contribution >= 4 is 23.2 Å². The van der Waals surface area contributed by atoms with E-state index in [4.69, 9.17) is 4.98 Å². The Bertz CT molecular complexity index is 984. The van der Waals surface area contributed by atoms with E-state index in [1.807, 2.05) is 0 Å². The van der Waals surface area contributed by atoms with Crippen LogP contribution in [0.4, 0.5) is 0 Å². The topological polar surface area (TPSA) is 92.5 Å². The second-order valence-electron chi connectivity index (χ2n) is 7.44. The van der Waals surface area contributed by atoms with Crippen LogP contribution in [0.2, 0.25) is 0 Å². The number of aromatic carboxylic acids is 1. The van der Waals surface area contributed by atoms with Gasteiger partial charge in [0, 0.05) is 44.1 Å². The Kier molecular flexibility index (Phi) is 5.05. The number of hydrogen-bond donors (Lipinski definition) is 1. The second-order valence-corrected chi connectivity index (χ2v) is 8.60. The van der Waals surface area contributed by atoms with Crippen LogP contribution in [0.25, 0.3) is 0 Å². The van der Waals surface area contributed by atoms with Crippen molar-refractivity contribution in [3.8, 4) is 0 Å². The zero-order valence-corrected chi connectivity index (χ0v) is 16.7. The summed E-state index contributed by atoms with van der Waals surface area (Å²) in [5.74, 6) is -1.25. The molecule has 0 bridgehead atoms. The summed E-state index contributed by atoms with van der Waals surface area (Å²) in [5, 5.41) is 10.6. The molecule has 1 aliphatic carbocycles. The summed E-state index contributed by atoms with van der Waals surface area (Å²) in [6.07, 6.45) is 7.21. The monoisotopic (exact) mass is 401 g/mol. The fraction of sp³-hybridized carbons (Fsp3) is 0.500. The van der Waals surface area contributed by atoms with Crippen molar-refractivity contribution < 1.29 is 14.7 Å². The fourth-order valence-electron chi connectivity index (χ4n) is 4.10. The lowest BCUT2D eigenvalue weighted by molar-refractivity contribution is -0.129. The highest BCUT2D eigenvalue weighted by molar-refractivity contribution is 7.11. The molecule has 8 heteroatoms. The van der Waals surface area contributed by atoms with E-state index in [1.54, 1.807) is 22.4 Å². The molecule has 0 atom stereocenters. The van der Waals surface area contributed by atoms with Crippen molar-refractivity contribution in [1.29, 1.82) is 0 Å². The smallest absolute Gasteiger partial charge is 0.341 e. The van der Waals surface area contributed by atoms with Gasteiger partial charge in [-0.15, -0.1) is 11.3 Å². The van der Waals surface area contributed by atoms with E-state index < -0.39 is 11.5 Å². The molecule has 0 saturated heterocycles. The van der Waals surface area contributed by atoms with Crippen LogP contribution in [-0.2, 0) is 43.6 Å². The maximum atomic E-state index is 12.8. The Morgan fingerprint density at radius 2 is 2.04 bits per heavy atom. The Morgan fingerprint density at radius 1 is 1.25 bits per heavy atom. The molecular weight excluding hydrogens is 378 g/mol. The molecule has 0 fully saturated rings. The normalized spacial score (nSPS) is 15.8. The molecular formula is C20H23N3O4S. The van der Waals surface area contributed by atoms with Crippen molar-refractivity contribution in [3.05, 3.63) is 48.8 Å². The zero-order valence-electron chi connectivity index (χ0n) is 15.9. The fourth-order valence-corrected chi connectivity index (χ4v) is 5.24. The van der Waals surface area contributed by atoms with Crippen LogP contribution in [0, 0.1) is 0 Å². The predicted octanol–water partition coefficient (Wildman–Crippen LogP) is 2.03. The number of aromatic nitrogens is 2. The molecule has 0 saturated carbocycles. The molecule has 1 N–H and O–H groups in total.